The van der Waals surface area contributed by atoms with Crippen molar-refractivity contribution in [2.45, 2.75) is 13.0 Å². The van der Waals surface area contributed by atoms with Crippen molar-refractivity contribution in [1.82, 2.24) is 15.0 Å². The SMILES string of the molecule is Fc1cc(Cn2cc(CCCl)nn2)ccc1Cl. The summed E-state index contributed by atoms with van der Waals surface area (Å²) < 4.78 is 14.9. The molecular formula is C11H10Cl2FN3. The first-order valence-corrected chi connectivity index (χ1v) is 5.99. The van der Waals surface area contributed by atoms with Crippen molar-refractivity contribution < 1.29 is 4.39 Å². The normalized spacial score (nSPS) is 10.8. The summed E-state index contributed by atoms with van der Waals surface area (Å²) in [5.41, 5.74) is 1.61. The molecule has 0 bridgehead atoms. The maximum absolute atomic E-state index is 13.2. The number of benzene rings is 1. The lowest BCUT2D eigenvalue weighted by Gasteiger charge is -2.01. The van der Waals surface area contributed by atoms with Gasteiger partial charge in [0, 0.05) is 18.5 Å². The zero-order valence-electron chi connectivity index (χ0n) is 8.91. The number of alkyl halides is 1. The Morgan fingerprint density at radius 2 is 2.18 bits per heavy atom. The van der Waals surface area contributed by atoms with Crippen molar-refractivity contribution >= 4 is 23.2 Å². The molecule has 2 rings (SSSR count). The lowest BCUT2D eigenvalue weighted by molar-refractivity contribution is 0.614. The third kappa shape index (κ3) is 3.17. The van der Waals surface area contributed by atoms with Crippen LogP contribution in [0.15, 0.2) is 24.4 Å². The smallest absolute Gasteiger partial charge is 0.142 e. The van der Waals surface area contributed by atoms with Crippen LogP contribution in [0, 0.1) is 5.82 Å². The van der Waals surface area contributed by atoms with Gasteiger partial charge in [-0.1, -0.05) is 22.9 Å². The average molecular weight is 274 g/mol. The lowest BCUT2D eigenvalue weighted by atomic mass is 10.2. The quantitative estimate of drug-likeness (QED) is 0.802. The molecule has 0 spiro atoms. The zero-order valence-corrected chi connectivity index (χ0v) is 10.4. The number of nitrogens with zero attached hydrogens (tertiary/aromatic N) is 3. The maximum Gasteiger partial charge on any atom is 0.142 e. The van der Waals surface area contributed by atoms with Gasteiger partial charge in [-0.05, 0) is 17.7 Å². The molecule has 90 valence electrons. The van der Waals surface area contributed by atoms with E-state index in [0.717, 1.165) is 11.3 Å². The summed E-state index contributed by atoms with van der Waals surface area (Å²) in [5, 5.41) is 8.01. The minimum Gasteiger partial charge on any atom is -0.248 e. The van der Waals surface area contributed by atoms with Gasteiger partial charge in [-0.25, -0.2) is 9.07 Å². The third-order valence-corrected chi connectivity index (χ3v) is 2.76. The monoisotopic (exact) mass is 273 g/mol. The molecule has 0 saturated carbocycles. The Morgan fingerprint density at radius 1 is 1.35 bits per heavy atom. The van der Waals surface area contributed by atoms with Crippen molar-refractivity contribution in [3.05, 3.63) is 46.5 Å². The van der Waals surface area contributed by atoms with E-state index >= 15 is 0 Å². The van der Waals surface area contributed by atoms with Crippen molar-refractivity contribution in [2.24, 2.45) is 0 Å². The van der Waals surface area contributed by atoms with E-state index in [0.29, 0.717) is 18.8 Å². The minimum absolute atomic E-state index is 0.121. The largest absolute Gasteiger partial charge is 0.248 e. The van der Waals surface area contributed by atoms with Gasteiger partial charge < -0.3 is 0 Å². The van der Waals surface area contributed by atoms with E-state index in [1.54, 1.807) is 16.9 Å². The van der Waals surface area contributed by atoms with Gasteiger partial charge in [-0.2, -0.15) is 0 Å². The first-order valence-electron chi connectivity index (χ1n) is 5.08. The van der Waals surface area contributed by atoms with Crippen LogP contribution < -0.4 is 0 Å². The van der Waals surface area contributed by atoms with Crippen molar-refractivity contribution in [3.63, 3.8) is 0 Å². The number of hydrogen-bond donors (Lipinski definition) is 0. The van der Waals surface area contributed by atoms with Gasteiger partial charge in [0.1, 0.15) is 5.82 Å². The molecular weight excluding hydrogens is 264 g/mol. The third-order valence-electron chi connectivity index (χ3n) is 2.27. The summed E-state index contributed by atoms with van der Waals surface area (Å²) in [6.45, 7) is 0.462. The number of halogens is 3. The second kappa shape index (κ2) is 5.47. The minimum atomic E-state index is -0.426. The Balaban J connectivity index is 2.11. The summed E-state index contributed by atoms with van der Waals surface area (Å²) in [4.78, 5) is 0. The first kappa shape index (κ1) is 12.3. The molecule has 0 aliphatic rings. The number of hydrogen-bond acceptors (Lipinski definition) is 2. The Bertz CT molecular complexity index is 513. The van der Waals surface area contributed by atoms with Gasteiger partial charge in [-0.3, -0.25) is 0 Å². The molecule has 1 aromatic heterocycles. The van der Waals surface area contributed by atoms with Crippen LogP contribution in [0.4, 0.5) is 4.39 Å². The van der Waals surface area contributed by atoms with Crippen molar-refractivity contribution in [3.8, 4) is 0 Å². The molecule has 2 aromatic rings. The second-order valence-corrected chi connectivity index (χ2v) is 4.38. The highest BCUT2D eigenvalue weighted by atomic mass is 35.5. The summed E-state index contributed by atoms with van der Waals surface area (Å²) in [6, 6.07) is 4.68. The molecule has 0 aliphatic carbocycles. The molecule has 0 unspecified atom stereocenters. The van der Waals surface area contributed by atoms with E-state index in [1.807, 2.05) is 0 Å². The fraction of sp³-hybridized carbons (Fsp3) is 0.273. The number of rotatable bonds is 4. The van der Waals surface area contributed by atoms with Crippen LogP contribution in [0.3, 0.4) is 0 Å². The van der Waals surface area contributed by atoms with E-state index in [1.165, 1.54) is 12.1 Å². The van der Waals surface area contributed by atoms with Gasteiger partial charge >= 0.3 is 0 Å². The molecule has 0 radical (unpaired) electrons. The van der Waals surface area contributed by atoms with E-state index < -0.39 is 5.82 Å². The number of aryl methyl sites for hydroxylation is 1. The molecule has 0 N–H and O–H groups in total. The van der Waals surface area contributed by atoms with E-state index in [2.05, 4.69) is 10.3 Å². The van der Waals surface area contributed by atoms with Crippen molar-refractivity contribution in [2.75, 3.05) is 5.88 Å². The van der Waals surface area contributed by atoms with Gasteiger partial charge in [0.15, 0.2) is 0 Å². The molecule has 3 nitrogen and oxygen atoms in total. The summed E-state index contributed by atoms with van der Waals surface area (Å²) >= 11 is 11.2. The molecule has 0 saturated heterocycles. The summed E-state index contributed by atoms with van der Waals surface area (Å²) in [6.07, 6.45) is 2.48. The Hall–Kier alpha value is -1.13. The predicted molar refractivity (Wildman–Crippen MR) is 65.0 cm³/mol. The van der Waals surface area contributed by atoms with Gasteiger partial charge in [0.25, 0.3) is 0 Å². The molecule has 1 heterocycles. The summed E-state index contributed by atoms with van der Waals surface area (Å²) in [5.74, 6) is 0.0825. The fourth-order valence-corrected chi connectivity index (χ4v) is 1.76. The van der Waals surface area contributed by atoms with E-state index in [-0.39, 0.29) is 5.02 Å². The van der Waals surface area contributed by atoms with Gasteiger partial charge in [0.05, 0.1) is 17.3 Å². The Morgan fingerprint density at radius 3 is 2.88 bits per heavy atom. The molecule has 0 aliphatic heterocycles. The number of aromatic nitrogens is 3. The maximum atomic E-state index is 13.2. The average Bonchev–Trinajstić information content (AvgIpc) is 2.72. The Kier molecular flexibility index (Phi) is 3.97. The topological polar surface area (TPSA) is 30.7 Å². The second-order valence-electron chi connectivity index (χ2n) is 3.59. The van der Waals surface area contributed by atoms with Crippen LogP contribution in [0.25, 0.3) is 0 Å². The van der Waals surface area contributed by atoms with Crippen LogP contribution in [0.1, 0.15) is 11.3 Å². The highest BCUT2D eigenvalue weighted by Gasteiger charge is 2.04. The summed E-state index contributed by atoms with van der Waals surface area (Å²) in [7, 11) is 0. The first-order chi connectivity index (χ1) is 8.19. The predicted octanol–water partition coefficient (Wildman–Crippen LogP) is 2.90. The van der Waals surface area contributed by atoms with Crippen LogP contribution in [-0.4, -0.2) is 20.9 Å². The molecule has 6 heteroatoms. The standard InChI is InChI=1S/C11H10Cl2FN3/c12-4-3-9-7-17(16-15-9)6-8-1-2-10(13)11(14)5-8/h1-2,5,7H,3-4,6H2. The van der Waals surface area contributed by atoms with Gasteiger partial charge in [0.2, 0.25) is 0 Å². The zero-order chi connectivity index (χ0) is 12.3. The van der Waals surface area contributed by atoms with E-state index in [4.69, 9.17) is 23.2 Å². The Labute approximate surface area is 108 Å². The van der Waals surface area contributed by atoms with Crippen LogP contribution >= 0.6 is 23.2 Å². The van der Waals surface area contributed by atoms with Crippen LogP contribution in [0.5, 0.6) is 0 Å². The molecule has 1 aromatic carbocycles. The highest BCUT2D eigenvalue weighted by Crippen LogP contribution is 2.16. The van der Waals surface area contributed by atoms with Crippen LogP contribution in [-0.2, 0) is 13.0 Å². The highest BCUT2D eigenvalue weighted by molar-refractivity contribution is 6.30. The molecule has 0 fully saturated rings. The molecule has 17 heavy (non-hydrogen) atoms. The van der Waals surface area contributed by atoms with Crippen LogP contribution in [0.2, 0.25) is 5.02 Å². The van der Waals surface area contributed by atoms with E-state index in [9.17, 15) is 4.39 Å². The van der Waals surface area contributed by atoms with Gasteiger partial charge in [-0.15, -0.1) is 16.7 Å². The molecule has 0 atom stereocenters. The lowest BCUT2D eigenvalue weighted by Crippen LogP contribution is -2.00. The van der Waals surface area contributed by atoms with Crippen molar-refractivity contribution in [1.29, 1.82) is 0 Å². The molecule has 0 amide bonds. The fourth-order valence-electron chi connectivity index (χ4n) is 1.45.